The molecule has 1 amide bonds. The first-order valence-electron chi connectivity index (χ1n) is 7.20. The van der Waals surface area contributed by atoms with Gasteiger partial charge in [-0.1, -0.05) is 0 Å². The second-order valence-corrected chi connectivity index (χ2v) is 4.94. The Balaban J connectivity index is 2.10. The molecular weight excluding hydrogens is 294 g/mol. The molecule has 1 rings (SSSR count). The highest BCUT2D eigenvalue weighted by Gasteiger charge is 2.17. The van der Waals surface area contributed by atoms with Crippen molar-refractivity contribution >= 4 is 17.8 Å². The molecule has 22 heavy (non-hydrogen) atoms. The molecule has 1 fully saturated rings. The number of ether oxygens (including phenoxy) is 2. The molecule has 0 aromatic carbocycles. The Kier molecular flexibility index (Phi) is 8.41. The highest BCUT2D eigenvalue weighted by atomic mass is 16.5. The fraction of sp³-hybridized carbons (Fsp3) is 0.769. The van der Waals surface area contributed by atoms with Crippen molar-refractivity contribution in [2.75, 3.05) is 46.0 Å². The van der Waals surface area contributed by atoms with E-state index in [0.29, 0.717) is 19.8 Å². The van der Waals surface area contributed by atoms with Crippen LogP contribution in [0, 0.1) is 0 Å². The molecule has 0 spiro atoms. The molecule has 1 atom stereocenters. The largest absolute Gasteiger partial charge is 0.480 e. The Morgan fingerprint density at radius 1 is 1.32 bits per heavy atom. The van der Waals surface area contributed by atoms with Crippen molar-refractivity contribution in [1.82, 2.24) is 10.2 Å². The van der Waals surface area contributed by atoms with Gasteiger partial charge in [0.15, 0.2) is 0 Å². The van der Waals surface area contributed by atoms with Crippen LogP contribution in [0.2, 0.25) is 0 Å². The van der Waals surface area contributed by atoms with Gasteiger partial charge in [0.05, 0.1) is 13.2 Å². The van der Waals surface area contributed by atoms with E-state index >= 15 is 0 Å². The third kappa shape index (κ3) is 7.91. The molecule has 0 bridgehead atoms. The Labute approximate surface area is 128 Å². The van der Waals surface area contributed by atoms with Crippen LogP contribution in [0.5, 0.6) is 0 Å². The summed E-state index contributed by atoms with van der Waals surface area (Å²) in [6, 6.07) is -0.889. The molecule has 0 aromatic rings. The highest BCUT2D eigenvalue weighted by Crippen LogP contribution is 1.99. The van der Waals surface area contributed by atoms with Gasteiger partial charge in [-0.05, 0) is 6.42 Å². The van der Waals surface area contributed by atoms with E-state index < -0.39 is 30.4 Å². The quantitative estimate of drug-likeness (QED) is 0.423. The molecule has 4 N–H and O–H groups in total. The van der Waals surface area contributed by atoms with Gasteiger partial charge in [-0.2, -0.15) is 0 Å². The summed E-state index contributed by atoms with van der Waals surface area (Å²) in [6.07, 6.45) is 0.0921. The number of nitrogens with one attached hydrogen (secondary N) is 1. The number of carbonyl (C=O) groups excluding carboxylic acids is 2. The number of hydrogen-bond acceptors (Lipinski definition) is 7. The van der Waals surface area contributed by atoms with E-state index in [-0.39, 0.29) is 19.4 Å². The Morgan fingerprint density at radius 3 is 2.64 bits per heavy atom. The van der Waals surface area contributed by atoms with Crippen molar-refractivity contribution in [1.29, 1.82) is 0 Å². The lowest BCUT2D eigenvalue weighted by Gasteiger charge is -2.26. The molecule has 0 radical (unpaired) electrons. The minimum Gasteiger partial charge on any atom is -0.480 e. The van der Waals surface area contributed by atoms with Gasteiger partial charge in [-0.25, -0.2) is 0 Å². The summed E-state index contributed by atoms with van der Waals surface area (Å²) in [5, 5.41) is 10.6. The summed E-state index contributed by atoms with van der Waals surface area (Å²) in [7, 11) is 0. The Bertz CT molecular complexity index is 384. The topological polar surface area (TPSA) is 131 Å². The van der Waals surface area contributed by atoms with Crippen LogP contribution in [0.15, 0.2) is 0 Å². The zero-order valence-corrected chi connectivity index (χ0v) is 12.5. The molecule has 1 aliphatic rings. The lowest BCUT2D eigenvalue weighted by Crippen LogP contribution is -2.40. The highest BCUT2D eigenvalue weighted by molar-refractivity contribution is 5.82. The van der Waals surface area contributed by atoms with Crippen LogP contribution in [-0.4, -0.2) is 79.9 Å². The predicted molar refractivity (Wildman–Crippen MR) is 76.1 cm³/mol. The number of nitrogens with two attached hydrogens (primary N) is 1. The van der Waals surface area contributed by atoms with E-state index in [4.69, 9.17) is 20.3 Å². The van der Waals surface area contributed by atoms with Crippen molar-refractivity contribution in [3.8, 4) is 0 Å². The summed E-state index contributed by atoms with van der Waals surface area (Å²) in [5.41, 5.74) is 5.64. The maximum absolute atomic E-state index is 11.6. The number of morpholine rings is 1. The number of carboxylic acid groups (broad SMARTS) is 1. The summed E-state index contributed by atoms with van der Waals surface area (Å²) >= 11 is 0. The van der Waals surface area contributed by atoms with Gasteiger partial charge in [0.2, 0.25) is 5.91 Å². The normalized spacial score (nSPS) is 16.8. The Hall–Kier alpha value is -1.71. The van der Waals surface area contributed by atoms with Crippen LogP contribution >= 0.6 is 0 Å². The smallest absolute Gasteiger partial charge is 0.322 e. The van der Waals surface area contributed by atoms with Gasteiger partial charge >= 0.3 is 11.9 Å². The molecular formula is C13H23N3O6. The molecule has 1 heterocycles. The zero-order chi connectivity index (χ0) is 16.4. The SMILES string of the molecule is NC(CCC(=O)NCC(=O)O)C(=O)OCCN1CCOCC1. The van der Waals surface area contributed by atoms with Crippen molar-refractivity contribution in [2.45, 2.75) is 18.9 Å². The van der Waals surface area contributed by atoms with Gasteiger partial charge in [-0.15, -0.1) is 0 Å². The molecule has 0 aromatic heterocycles. The van der Waals surface area contributed by atoms with Crippen LogP contribution in [0.3, 0.4) is 0 Å². The van der Waals surface area contributed by atoms with Crippen molar-refractivity contribution < 1.29 is 29.0 Å². The predicted octanol–water partition coefficient (Wildman–Crippen LogP) is -1.83. The fourth-order valence-corrected chi connectivity index (χ4v) is 1.87. The number of nitrogens with zero attached hydrogens (tertiary/aromatic N) is 1. The molecule has 9 nitrogen and oxygen atoms in total. The minimum atomic E-state index is -1.12. The number of carbonyl (C=O) groups is 3. The standard InChI is InChI=1S/C13H23N3O6/c14-10(1-2-11(17)15-9-12(18)19)13(20)22-8-5-16-3-6-21-7-4-16/h10H,1-9,14H2,(H,15,17)(H,18,19). The lowest BCUT2D eigenvalue weighted by molar-refractivity contribution is -0.146. The van der Waals surface area contributed by atoms with Crippen molar-refractivity contribution in [2.24, 2.45) is 5.73 Å². The van der Waals surface area contributed by atoms with E-state index in [1.807, 2.05) is 0 Å². The van der Waals surface area contributed by atoms with Gasteiger partial charge in [0, 0.05) is 26.1 Å². The molecule has 9 heteroatoms. The number of amides is 1. The van der Waals surface area contributed by atoms with Crippen molar-refractivity contribution in [3.63, 3.8) is 0 Å². The summed E-state index contributed by atoms with van der Waals surface area (Å²) < 4.78 is 10.3. The number of rotatable bonds is 9. The number of aliphatic carboxylic acids is 1. The summed E-state index contributed by atoms with van der Waals surface area (Å²) in [4.78, 5) is 35.3. The van der Waals surface area contributed by atoms with Crippen molar-refractivity contribution in [3.05, 3.63) is 0 Å². The molecule has 0 aliphatic carbocycles. The first-order chi connectivity index (χ1) is 10.5. The van der Waals surface area contributed by atoms with Crippen LogP contribution in [-0.2, 0) is 23.9 Å². The second kappa shape index (κ2) is 10.1. The van der Waals surface area contributed by atoms with E-state index in [0.717, 1.165) is 13.1 Å². The molecule has 1 saturated heterocycles. The van der Waals surface area contributed by atoms with Crippen LogP contribution < -0.4 is 11.1 Å². The number of carboxylic acids is 1. The zero-order valence-electron chi connectivity index (χ0n) is 12.5. The van der Waals surface area contributed by atoms with Crippen LogP contribution in [0.4, 0.5) is 0 Å². The maximum atomic E-state index is 11.6. The number of esters is 1. The van der Waals surface area contributed by atoms with E-state index in [2.05, 4.69) is 10.2 Å². The van der Waals surface area contributed by atoms with Crippen LogP contribution in [0.25, 0.3) is 0 Å². The molecule has 0 saturated carbocycles. The average Bonchev–Trinajstić information content (AvgIpc) is 2.51. The number of hydrogen-bond donors (Lipinski definition) is 3. The average molecular weight is 317 g/mol. The summed E-state index contributed by atoms with van der Waals surface area (Å²) in [6.45, 7) is 3.41. The van der Waals surface area contributed by atoms with Gasteiger partial charge in [0.1, 0.15) is 19.2 Å². The van der Waals surface area contributed by atoms with Gasteiger partial charge in [-0.3, -0.25) is 19.3 Å². The van der Waals surface area contributed by atoms with Gasteiger partial charge < -0.3 is 25.6 Å². The molecule has 1 unspecified atom stereocenters. The minimum absolute atomic E-state index is 0.0208. The monoisotopic (exact) mass is 317 g/mol. The molecule has 1 aliphatic heterocycles. The first kappa shape index (κ1) is 18.3. The van der Waals surface area contributed by atoms with E-state index in [9.17, 15) is 14.4 Å². The first-order valence-corrected chi connectivity index (χ1v) is 7.20. The summed E-state index contributed by atoms with van der Waals surface area (Å²) in [5.74, 6) is -2.14. The lowest BCUT2D eigenvalue weighted by atomic mass is 10.1. The Morgan fingerprint density at radius 2 is 2.00 bits per heavy atom. The third-order valence-electron chi connectivity index (χ3n) is 3.18. The van der Waals surface area contributed by atoms with E-state index in [1.165, 1.54) is 0 Å². The fourth-order valence-electron chi connectivity index (χ4n) is 1.87. The van der Waals surface area contributed by atoms with Gasteiger partial charge in [0.25, 0.3) is 0 Å². The van der Waals surface area contributed by atoms with E-state index in [1.54, 1.807) is 0 Å². The van der Waals surface area contributed by atoms with Crippen LogP contribution in [0.1, 0.15) is 12.8 Å². The second-order valence-electron chi connectivity index (χ2n) is 4.94. The third-order valence-corrected chi connectivity index (χ3v) is 3.18. The molecule has 126 valence electrons. The maximum Gasteiger partial charge on any atom is 0.322 e.